The van der Waals surface area contributed by atoms with E-state index in [0.29, 0.717) is 6.10 Å². The van der Waals surface area contributed by atoms with Gasteiger partial charge in [-0.1, -0.05) is 43.6 Å². The molecule has 0 aromatic rings. The average molecular weight is 206 g/mol. The van der Waals surface area contributed by atoms with Gasteiger partial charge in [-0.05, 0) is 31.6 Å². The molecule has 0 bridgehead atoms. The molecule has 1 nitrogen and oxygen atoms in total. The maximum absolute atomic E-state index is 5.74. The monoisotopic (exact) mass is 206 g/mol. The lowest BCUT2D eigenvalue weighted by Gasteiger charge is -2.14. The van der Waals surface area contributed by atoms with Crippen molar-refractivity contribution in [2.45, 2.75) is 51.0 Å². The van der Waals surface area contributed by atoms with Gasteiger partial charge in [0.15, 0.2) is 0 Å². The molecule has 1 saturated heterocycles. The van der Waals surface area contributed by atoms with Crippen molar-refractivity contribution < 1.29 is 4.74 Å². The molecule has 2 rings (SSSR count). The quantitative estimate of drug-likeness (QED) is 0.585. The fourth-order valence-corrected chi connectivity index (χ4v) is 2.55. The summed E-state index contributed by atoms with van der Waals surface area (Å²) < 4.78 is 5.74. The second-order valence-electron chi connectivity index (χ2n) is 4.69. The van der Waals surface area contributed by atoms with E-state index in [1.54, 1.807) is 0 Å². The summed E-state index contributed by atoms with van der Waals surface area (Å²) in [5.74, 6) is 0.786. The van der Waals surface area contributed by atoms with Crippen molar-refractivity contribution in [2.75, 3.05) is 6.61 Å². The van der Waals surface area contributed by atoms with Gasteiger partial charge in [-0.3, -0.25) is 0 Å². The van der Waals surface area contributed by atoms with Crippen molar-refractivity contribution in [3.63, 3.8) is 0 Å². The Kier molecular flexibility index (Phi) is 4.46. The van der Waals surface area contributed by atoms with Gasteiger partial charge in [-0.25, -0.2) is 0 Å². The smallest absolute Gasteiger partial charge is 0.0787 e. The third-order valence-electron chi connectivity index (χ3n) is 3.51. The zero-order valence-corrected chi connectivity index (χ0v) is 9.53. The van der Waals surface area contributed by atoms with Crippen LogP contribution in [0.4, 0.5) is 0 Å². The zero-order valence-electron chi connectivity index (χ0n) is 9.53. The standard InChI is InChI=1S/C14H22O/c1-2-4-6-8-10-14-13(11-12-15-14)9-7-5-3-1/h4,6,8,10,13-14H,1-3,5,7,9,11-12H2. The average Bonchev–Trinajstić information content (AvgIpc) is 2.65. The molecule has 0 spiro atoms. The molecule has 0 amide bonds. The minimum atomic E-state index is 0.397. The van der Waals surface area contributed by atoms with Gasteiger partial charge < -0.3 is 4.74 Å². The fourth-order valence-electron chi connectivity index (χ4n) is 2.55. The molecule has 1 fully saturated rings. The van der Waals surface area contributed by atoms with Crippen LogP contribution in [0.15, 0.2) is 24.3 Å². The van der Waals surface area contributed by atoms with Gasteiger partial charge in [-0.2, -0.15) is 0 Å². The van der Waals surface area contributed by atoms with Crippen LogP contribution in [-0.4, -0.2) is 12.7 Å². The van der Waals surface area contributed by atoms with Crippen molar-refractivity contribution in [3.8, 4) is 0 Å². The van der Waals surface area contributed by atoms with E-state index in [0.717, 1.165) is 12.5 Å². The van der Waals surface area contributed by atoms with Crippen molar-refractivity contribution in [3.05, 3.63) is 24.3 Å². The largest absolute Gasteiger partial charge is 0.374 e. The number of ether oxygens (including phenoxy) is 1. The summed E-state index contributed by atoms with van der Waals surface area (Å²) in [6.07, 6.45) is 18.7. The SMILES string of the molecule is C1=CCCCCCCC2CCOC2C=C1. The predicted octanol–water partition coefficient (Wildman–Crippen LogP) is 3.86. The maximum Gasteiger partial charge on any atom is 0.0787 e. The molecular weight excluding hydrogens is 184 g/mol. The van der Waals surface area contributed by atoms with E-state index in [-0.39, 0.29) is 0 Å². The topological polar surface area (TPSA) is 9.23 Å². The van der Waals surface area contributed by atoms with E-state index in [1.807, 2.05) is 0 Å². The highest BCUT2D eigenvalue weighted by atomic mass is 16.5. The van der Waals surface area contributed by atoms with Gasteiger partial charge in [0.2, 0.25) is 0 Å². The first-order valence-corrected chi connectivity index (χ1v) is 6.42. The molecule has 2 atom stereocenters. The first-order chi connectivity index (χ1) is 7.47. The molecule has 2 unspecified atom stereocenters. The Hall–Kier alpha value is -0.560. The van der Waals surface area contributed by atoms with Crippen LogP contribution >= 0.6 is 0 Å². The molecule has 0 radical (unpaired) electrons. The Morgan fingerprint density at radius 1 is 0.933 bits per heavy atom. The van der Waals surface area contributed by atoms with Crippen molar-refractivity contribution >= 4 is 0 Å². The zero-order chi connectivity index (χ0) is 10.3. The molecule has 1 heterocycles. The lowest BCUT2D eigenvalue weighted by Crippen LogP contribution is -2.12. The van der Waals surface area contributed by atoms with Crippen molar-refractivity contribution in [1.29, 1.82) is 0 Å². The molecule has 15 heavy (non-hydrogen) atoms. The van der Waals surface area contributed by atoms with Crippen LogP contribution in [0.25, 0.3) is 0 Å². The highest BCUT2D eigenvalue weighted by Gasteiger charge is 2.25. The molecule has 0 N–H and O–H groups in total. The van der Waals surface area contributed by atoms with Crippen LogP contribution in [0.1, 0.15) is 44.9 Å². The van der Waals surface area contributed by atoms with Gasteiger partial charge in [0, 0.05) is 6.61 Å². The Bertz CT molecular complexity index is 229. The van der Waals surface area contributed by atoms with Gasteiger partial charge in [0.25, 0.3) is 0 Å². The lowest BCUT2D eigenvalue weighted by atomic mass is 9.93. The highest BCUT2D eigenvalue weighted by molar-refractivity contribution is 5.07. The molecule has 0 aromatic carbocycles. The van der Waals surface area contributed by atoms with Gasteiger partial charge in [0.05, 0.1) is 6.10 Å². The molecule has 0 saturated carbocycles. The molecule has 2 aliphatic rings. The highest BCUT2D eigenvalue weighted by Crippen LogP contribution is 2.27. The van der Waals surface area contributed by atoms with E-state index < -0.39 is 0 Å². The van der Waals surface area contributed by atoms with E-state index >= 15 is 0 Å². The first-order valence-electron chi connectivity index (χ1n) is 6.42. The second kappa shape index (κ2) is 6.12. The van der Waals surface area contributed by atoms with Crippen LogP contribution in [0.2, 0.25) is 0 Å². The predicted molar refractivity (Wildman–Crippen MR) is 63.8 cm³/mol. The molecule has 1 aliphatic heterocycles. The Morgan fingerprint density at radius 2 is 1.87 bits per heavy atom. The van der Waals surface area contributed by atoms with Gasteiger partial charge in [0.1, 0.15) is 0 Å². The van der Waals surface area contributed by atoms with E-state index in [2.05, 4.69) is 24.3 Å². The third-order valence-corrected chi connectivity index (χ3v) is 3.51. The Balaban J connectivity index is 1.93. The molecule has 1 heteroatoms. The number of rotatable bonds is 0. The summed E-state index contributed by atoms with van der Waals surface area (Å²) >= 11 is 0. The van der Waals surface area contributed by atoms with Gasteiger partial charge >= 0.3 is 0 Å². The minimum Gasteiger partial charge on any atom is -0.374 e. The van der Waals surface area contributed by atoms with Gasteiger partial charge in [-0.15, -0.1) is 0 Å². The van der Waals surface area contributed by atoms with E-state index in [1.165, 1.54) is 44.9 Å². The third kappa shape index (κ3) is 3.49. The maximum atomic E-state index is 5.74. The summed E-state index contributed by atoms with van der Waals surface area (Å²) in [5.41, 5.74) is 0. The fraction of sp³-hybridized carbons (Fsp3) is 0.714. The molecule has 0 aromatic heterocycles. The molecular formula is C14H22O. The Morgan fingerprint density at radius 3 is 2.87 bits per heavy atom. The van der Waals surface area contributed by atoms with Crippen molar-refractivity contribution in [1.82, 2.24) is 0 Å². The van der Waals surface area contributed by atoms with E-state index in [4.69, 9.17) is 4.74 Å². The lowest BCUT2D eigenvalue weighted by molar-refractivity contribution is 0.125. The van der Waals surface area contributed by atoms with Crippen LogP contribution < -0.4 is 0 Å². The molecule has 1 aliphatic carbocycles. The van der Waals surface area contributed by atoms with E-state index in [9.17, 15) is 0 Å². The van der Waals surface area contributed by atoms with Crippen LogP contribution in [0.3, 0.4) is 0 Å². The number of fused-ring (bicyclic) bond motifs is 1. The Labute approximate surface area is 93.2 Å². The minimum absolute atomic E-state index is 0.397. The second-order valence-corrected chi connectivity index (χ2v) is 4.69. The number of hydrogen-bond acceptors (Lipinski definition) is 1. The van der Waals surface area contributed by atoms with Crippen molar-refractivity contribution in [2.24, 2.45) is 5.92 Å². The van der Waals surface area contributed by atoms with Crippen LogP contribution in [-0.2, 0) is 4.74 Å². The molecule has 84 valence electrons. The summed E-state index contributed by atoms with van der Waals surface area (Å²) in [6.45, 7) is 0.962. The van der Waals surface area contributed by atoms with Crippen LogP contribution in [0.5, 0.6) is 0 Å². The normalized spacial score (nSPS) is 33.1. The summed E-state index contributed by atoms with van der Waals surface area (Å²) in [7, 11) is 0. The summed E-state index contributed by atoms with van der Waals surface area (Å²) in [5, 5.41) is 0. The van der Waals surface area contributed by atoms with Crippen LogP contribution in [0, 0.1) is 5.92 Å². The summed E-state index contributed by atoms with van der Waals surface area (Å²) in [4.78, 5) is 0. The first kappa shape index (κ1) is 10.9. The summed E-state index contributed by atoms with van der Waals surface area (Å²) in [6, 6.07) is 0. The number of allylic oxidation sites excluding steroid dienone is 3. The number of hydrogen-bond donors (Lipinski definition) is 0.